The summed E-state index contributed by atoms with van der Waals surface area (Å²) < 4.78 is 1.28. The second-order valence-electron chi connectivity index (χ2n) is 10.5. The Bertz CT molecular complexity index is 1370. The number of hydrogen-bond acceptors (Lipinski definition) is 2. The molecule has 2 N–H and O–H groups in total. The Balaban J connectivity index is 1.20. The first-order valence-corrected chi connectivity index (χ1v) is 14.5. The van der Waals surface area contributed by atoms with Crippen molar-refractivity contribution in [1.82, 2.24) is 9.88 Å². The second-order valence-corrected chi connectivity index (χ2v) is 11.7. The van der Waals surface area contributed by atoms with Gasteiger partial charge in [-0.25, -0.2) is 0 Å². The van der Waals surface area contributed by atoms with Crippen LogP contribution < -0.4 is 5.32 Å². The molecule has 1 aliphatic rings. The summed E-state index contributed by atoms with van der Waals surface area (Å²) in [6.45, 7) is 7.24. The van der Waals surface area contributed by atoms with E-state index < -0.39 is 0 Å². The number of nitrogens with zero attached hydrogens (tertiary/aromatic N) is 1. The highest BCUT2D eigenvalue weighted by molar-refractivity contribution is 14.1. The van der Waals surface area contributed by atoms with E-state index in [-0.39, 0.29) is 11.8 Å². The monoisotopic (exact) mass is 605 g/mol. The molecule has 0 unspecified atom stereocenters. The van der Waals surface area contributed by atoms with E-state index in [4.69, 9.17) is 0 Å². The molecule has 1 saturated heterocycles. The highest BCUT2D eigenvalue weighted by Crippen LogP contribution is 2.34. The number of amides is 1. The fourth-order valence-corrected chi connectivity index (χ4v) is 6.14. The third kappa shape index (κ3) is 6.10. The zero-order valence-corrected chi connectivity index (χ0v) is 23.9. The van der Waals surface area contributed by atoms with Crippen LogP contribution in [0.4, 0.5) is 5.69 Å². The molecule has 0 bridgehead atoms. The van der Waals surface area contributed by atoms with Gasteiger partial charge in [0.15, 0.2) is 0 Å². The molecule has 1 aliphatic heterocycles. The Labute approximate surface area is 234 Å². The first kappa shape index (κ1) is 26.0. The van der Waals surface area contributed by atoms with Crippen molar-refractivity contribution in [2.75, 3.05) is 25.0 Å². The van der Waals surface area contributed by atoms with Crippen LogP contribution in [0.2, 0.25) is 0 Å². The predicted molar refractivity (Wildman–Crippen MR) is 163 cm³/mol. The average Bonchev–Trinajstić information content (AvgIpc) is 3.28. The number of aryl methyl sites for hydroxylation is 1. The molecule has 1 fully saturated rings. The topological polar surface area (TPSA) is 48.1 Å². The third-order valence-electron chi connectivity index (χ3n) is 7.60. The van der Waals surface area contributed by atoms with Crippen molar-refractivity contribution < 1.29 is 4.79 Å². The summed E-state index contributed by atoms with van der Waals surface area (Å²) in [5.74, 6) is 0.628. The van der Waals surface area contributed by atoms with Crippen LogP contribution in [0.1, 0.15) is 50.2 Å². The van der Waals surface area contributed by atoms with Gasteiger partial charge in [0, 0.05) is 31.6 Å². The molecule has 1 amide bonds. The molecule has 5 rings (SSSR count). The van der Waals surface area contributed by atoms with E-state index in [0.29, 0.717) is 5.92 Å². The number of aromatic amines is 1. The van der Waals surface area contributed by atoms with Gasteiger partial charge in [-0.2, -0.15) is 0 Å². The van der Waals surface area contributed by atoms with E-state index in [9.17, 15) is 4.79 Å². The number of benzene rings is 3. The highest BCUT2D eigenvalue weighted by Gasteiger charge is 2.21. The number of rotatable bonds is 8. The van der Waals surface area contributed by atoms with Crippen LogP contribution in [0.15, 0.2) is 72.8 Å². The number of piperidine rings is 1. The van der Waals surface area contributed by atoms with Crippen molar-refractivity contribution >= 4 is 45.1 Å². The summed E-state index contributed by atoms with van der Waals surface area (Å²) in [6.07, 6.45) is 4.56. The zero-order valence-electron chi connectivity index (χ0n) is 21.8. The number of likely N-dealkylation sites (tertiary alicyclic amines) is 1. The van der Waals surface area contributed by atoms with Gasteiger partial charge < -0.3 is 15.2 Å². The smallest absolute Gasteiger partial charge is 0.226 e. The Kier molecular flexibility index (Phi) is 8.30. The van der Waals surface area contributed by atoms with Crippen LogP contribution >= 0.6 is 22.6 Å². The molecule has 192 valence electrons. The second kappa shape index (κ2) is 11.8. The zero-order chi connectivity index (χ0) is 25.8. The number of carbonyl (C=O) groups is 1. The fraction of sp³-hybridized carbons (Fsp3) is 0.344. The van der Waals surface area contributed by atoms with Crippen molar-refractivity contribution in [3.05, 3.63) is 87.5 Å². The fourth-order valence-electron chi connectivity index (χ4n) is 5.48. The first-order valence-electron chi connectivity index (χ1n) is 13.5. The lowest BCUT2D eigenvalue weighted by Crippen LogP contribution is -2.33. The number of fused-ring (bicyclic) bond motifs is 1. The van der Waals surface area contributed by atoms with E-state index in [1.54, 1.807) is 0 Å². The summed E-state index contributed by atoms with van der Waals surface area (Å²) in [5, 5.41) is 4.40. The normalized spacial score (nSPS) is 14.9. The maximum absolute atomic E-state index is 12.1. The Morgan fingerprint density at radius 2 is 1.78 bits per heavy atom. The van der Waals surface area contributed by atoms with E-state index >= 15 is 0 Å². The minimum Gasteiger partial charge on any atom is -0.354 e. The van der Waals surface area contributed by atoms with Gasteiger partial charge in [-0.15, -0.1) is 0 Å². The van der Waals surface area contributed by atoms with Gasteiger partial charge in [0.25, 0.3) is 0 Å². The van der Waals surface area contributed by atoms with Gasteiger partial charge in [0.05, 0.1) is 5.69 Å². The molecule has 0 spiro atoms. The molecular weight excluding hydrogens is 569 g/mol. The summed E-state index contributed by atoms with van der Waals surface area (Å²) in [6, 6.07) is 25.8. The van der Waals surface area contributed by atoms with Crippen molar-refractivity contribution in [2.45, 2.75) is 45.4 Å². The molecule has 0 radical (unpaired) electrons. The number of halogens is 1. The Morgan fingerprint density at radius 3 is 2.57 bits per heavy atom. The third-order valence-corrected chi connectivity index (χ3v) is 8.54. The van der Waals surface area contributed by atoms with Gasteiger partial charge >= 0.3 is 0 Å². The van der Waals surface area contributed by atoms with Gasteiger partial charge in [0.2, 0.25) is 5.91 Å². The van der Waals surface area contributed by atoms with Crippen molar-refractivity contribution in [2.24, 2.45) is 5.92 Å². The molecule has 3 aromatic carbocycles. The van der Waals surface area contributed by atoms with Crippen LogP contribution in [0.5, 0.6) is 0 Å². The molecular formula is C32H36IN3O. The molecule has 0 saturated carbocycles. The summed E-state index contributed by atoms with van der Waals surface area (Å²) in [5.41, 5.74) is 7.49. The lowest BCUT2D eigenvalue weighted by atomic mass is 9.89. The van der Waals surface area contributed by atoms with Gasteiger partial charge in [0.1, 0.15) is 0 Å². The number of carbonyl (C=O) groups excluding carboxylic acids is 1. The number of nitrogens with one attached hydrogen (secondary N) is 2. The molecule has 0 aliphatic carbocycles. The minimum absolute atomic E-state index is 0.0106. The van der Waals surface area contributed by atoms with Gasteiger partial charge in [-0.3, -0.25) is 4.79 Å². The van der Waals surface area contributed by atoms with Crippen LogP contribution in [-0.4, -0.2) is 35.4 Å². The van der Waals surface area contributed by atoms with Crippen LogP contribution in [-0.2, 0) is 11.2 Å². The predicted octanol–water partition coefficient (Wildman–Crippen LogP) is 7.85. The number of anilines is 1. The molecule has 37 heavy (non-hydrogen) atoms. The van der Waals surface area contributed by atoms with Crippen LogP contribution in [0.25, 0.3) is 22.2 Å². The van der Waals surface area contributed by atoms with E-state index in [2.05, 4.69) is 105 Å². The molecule has 0 atom stereocenters. The van der Waals surface area contributed by atoms with E-state index in [0.717, 1.165) is 38.2 Å². The lowest BCUT2D eigenvalue weighted by Gasteiger charge is -2.32. The molecule has 1 aromatic heterocycles. The summed E-state index contributed by atoms with van der Waals surface area (Å²) in [7, 11) is 0. The largest absolute Gasteiger partial charge is 0.354 e. The van der Waals surface area contributed by atoms with Crippen molar-refractivity contribution in [3.63, 3.8) is 0 Å². The number of H-pyrrole nitrogens is 1. The molecule has 4 nitrogen and oxygen atoms in total. The standard InChI is InChI=1S/C32H36IN3O/c1-22(2)32(37)34-25-10-7-9-24(21-25)23-16-19-36(20-17-23)18-8-13-27-26-11-4-6-15-30(26)35-31(27)28-12-3-5-14-29(28)33/h3-7,9-12,14-15,21-23,35H,8,13,16-20H2,1-2H3,(H,34,37). The quantitative estimate of drug-likeness (QED) is 0.201. The Hall–Kier alpha value is -2.64. The Morgan fingerprint density at radius 1 is 1.03 bits per heavy atom. The number of para-hydroxylation sites is 1. The van der Waals surface area contributed by atoms with Crippen molar-refractivity contribution in [1.29, 1.82) is 0 Å². The van der Waals surface area contributed by atoms with E-state index in [1.165, 1.54) is 49.7 Å². The SMILES string of the molecule is CC(C)C(=O)Nc1cccc(C2CCN(CCCc3c(-c4ccccc4I)[nH]c4ccccc34)CC2)c1. The summed E-state index contributed by atoms with van der Waals surface area (Å²) >= 11 is 2.45. The van der Waals surface area contributed by atoms with Crippen LogP contribution in [0, 0.1) is 9.49 Å². The average molecular weight is 606 g/mol. The first-order chi connectivity index (χ1) is 18.0. The molecule has 2 heterocycles. The molecule has 5 heteroatoms. The number of hydrogen-bond donors (Lipinski definition) is 2. The van der Waals surface area contributed by atoms with Crippen LogP contribution in [0.3, 0.4) is 0 Å². The maximum Gasteiger partial charge on any atom is 0.226 e. The highest BCUT2D eigenvalue weighted by atomic mass is 127. The van der Waals surface area contributed by atoms with E-state index in [1.807, 2.05) is 19.9 Å². The minimum atomic E-state index is -0.0106. The maximum atomic E-state index is 12.1. The summed E-state index contributed by atoms with van der Waals surface area (Å²) in [4.78, 5) is 18.4. The van der Waals surface area contributed by atoms with Gasteiger partial charge in [-0.1, -0.05) is 62.4 Å². The van der Waals surface area contributed by atoms with Gasteiger partial charge in [-0.05, 0) is 109 Å². The molecule has 4 aromatic rings. The van der Waals surface area contributed by atoms with Crippen molar-refractivity contribution in [3.8, 4) is 11.3 Å². The lowest BCUT2D eigenvalue weighted by molar-refractivity contribution is -0.118. The number of aromatic nitrogens is 1.